The van der Waals surface area contributed by atoms with Gasteiger partial charge in [0.05, 0.1) is 5.69 Å². The molecule has 6 heteroatoms. The second kappa shape index (κ2) is 14.5. The van der Waals surface area contributed by atoms with Crippen molar-refractivity contribution >= 4 is 93.0 Å². The number of nitrogens with one attached hydrogen (secondary N) is 1. The Morgan fingerprint density at radius 2 is 1.13 bits per heavy atom. The minimum atomic E-state index is -0.413. The van der Waals surface area contributed by atoms with Crippen molar-refractivity contribution in [3.8, 4) is 11.1 Å². The predicted molar refractivity (Wildman–Crippen MR) is 256 cm³/mol. The zero-order valence-electron chi connectivity index (χ0n) is 32.9. The lowest BCUT2D eigenvalue weighted by Crippen LogP contribution is -2.33. The van der Waals surface area contributed by atoms with Crippen LogP contribution in [0.15, 0.2) is 221 Å². The van der Waals surface area contributed by atoms with E-state index in [4.69, 9.17) is 14.4 Å². The van der Waals surface area contributed by atoms with Crippen LogP contribution in [0.25, 0.3) is 64.0 Å². The Bertz CT molecular complexity index is 3500. The van der Waals surface area contributed by atoms with Crippen LogP contribution in [0.5, 0.6) is 0 Å². The van der Waals surface area contributed by atoms with Crippen LogP contribution < -0.4 is 10.2 Å². The van der Waals surface area contributed by atoms with Gasteiger partial charge in [0.15, 0.2) is 5.84 Å². The summed E-state index contributed by atoms with van der Waals surface area (Å²) in [4.78, 5) is 12.7. The molecule has 9 aromatic carbocycles. The van der Waals surface area contributed by atoms with Crippen LogP contribution in [0.3, 0.4) is 0 Å². The van der Waals surface area contributed by atoms with Crippen LogP contribution in [0, 0.1) is 0 Å². The quantitative estimate of drug-likeness (QED) is 0.175. The van der Waals surface area contributed by atoms with E-state index in [2.05, 4.69) is 180 Å². The van der Waals surface area contributed by atoms with Gasteiger partial charge in [-0.05, 0) is 52.9 Å². The highest BCUT2D eigenvalue weighted by Crippen LogP contribution is 2.47. The van der Waals surface area contributed by atoms with E-state index in [9.17, 15) is 0 Å². The van der Waals surface area contributed by atoms with Crippen LogP contribution >= 0.6 is 11.3 Å². The number of thiophene rings is 1. The number of nitrogens with zero attached hydrogens (tertiary/aromatic N) is 3. The second-order valence-electron chi connectivity index (χ2n) is 15.3. The minimum Gasteiger partial charge on any atom is -0.456 e. The molecule has 12 rings (SSSR count). The van der Waals surface area contributed by atoms with E-state index in [1.807, 2.05) is 47.7 Å². The number of benzene rings is 9. The summed E-state index contributed by atoms with van der Waals surface area (Å²) in [5, 5.41) is 10.6. The summed E-state index contributed by atoms with van der Waals surface area (Å²) in [7, 11) is 0. The Kier molecular flexibility index (Phi) is 8.35. The van der Waals surface area contributed by atoms with Gasteiger partial charge in [-0.25, -0.2) is 9.98 Å². The molecule has 0 amide bonds. The number of hydrogen-bond acceptors (Lipinski definition) is 6. The van der Waals surface area contributed by atoms with Crippen molar-refractivity contribution in [2.45, 2.75) is 6.17 Å². The Labute approximate surface area is 356 Å². The van der Waals surface area contributed by atoms with Crippen molar-refractivity contribution in [3.05, 3.63) is 223 Å². The Morgan fingerprint density at radius 3 is 1.92 bits per heavy atom. The Hall–Kier alpha value is -7.80. The summed E-state index contributed by atoms with van der Waals surface area (Å²) in [5.41, 5.74) is 10.2. The summed E-state index contributed by atoms with van der Waals surface area (Å²) in [6, 6.07) is 72.6. The number of furan rings is 1. The van der Waals surface area contributed by atoms with E-state index in [0.29, 0.717) is 5.84 Å². The molecule has 0 spiro atoms. The zero-order chi connectivity index (χ0) is 40.3. The first-order valence-electron chi connectivity index (χ1n) is 20.5. The molecule has 3 heterocycles. The average molecular weight is 801 g/mol. The fraction of sp³-hybridized carbons (Fsp3) is 0.0182. The molecular formula is C55H36N4OS. The smallest absolute Gasteiger partial charge is 0.159 e. The van der Waals surface area contributed by atoms with Gasteiger partial charge in [0.2, 0.25) is 0 Å². The largest absolute Gasteiger partial charge is 0.456 e. The minimum absolute atomic E-state index is 0.413. The van der Waals surface area contributed by atoms with Crippen LogP contribution in [-0.4, -0.2) is 11.7 Å². The van der Waals surface area contributed by atoms with Gasteiger partial charge in [0.1, 0.15) is 23.2 Å². The topological polar surface area (TPSA) is 53.1 Å². The molecule has 1 aliphatic heterocycles. The molecule has 1 atom stereocenters. The third-order valence-electron chi connectivity index (χ3n) is 11.7. The summed E-state index contributed by atoms with van der Waals surface area (Å²) in [6.07, 6.45) is -0.413. The fourth-order valence-corrected chi connectivity index (χ4v) is 10.2. The third kappa shape index (κ3) is 5.99. The fourth-order valence-electron chi connectivity index (χ4n) is 8.94. The van der Waals surface area contributed by atoms with E-state index in [0.717, 1.165) is 72.3 Å². The average Bonchev–Trinajstić information content (AvgIpc) is 3.92. The summed E-state index contributed by atoms with van der Waals surface area (Å²) >= 11 is 1.86. The summed E-state index contributed by atoms with van der Waals surface area (Å²) in [6.45, 7) is 0. The number of anilines is 3. The first kappa shape index (κ1) is 35.2. The molecule has 1 unspecified atom stereocenters. The lowest BCUT2D eigenvalue weighted by molar-refractivity contribution is 0.662. The van der Waals surface area contributed by atoms with Gasteiger partial charge in [-0.15, -0.1) is 11.3 Å². The highest BCUT2D eigenvalue weighted by Gasteiger charge is 2.27. The van der Waals surface area contributed by atoms with Gasteiger partial charge in [-0.3, -0.25) is 0 Å². The number of aliphatic imine (C=N–C) groups is 2. The van der Waals surface area contributed by atoms with Crippen LogP contribution in [0.1, 0.15) is 22.9 Å². The van der Waals surface area contributed by atoms with E-state index < -0.39 is 6.17 Å². The van der Waals surface area contributed by atoms with Crippen molar-refractivity contribution < 1.29 is 4.42 Å². The van der Waals surface area contributed by atoms with Crippen molar-refractivity contribution in [1.82, 2.24) is 5.32 Å². The SMILES string of the molecule is c1ccc(C2=NC(c3cccc4oc5cc(N(c6ccccc6)c6ccc(-c7cccc8c7sc7ccccc78)cc6)c6ccccc6c5c34)NC(c3ccccc3)=N2)cc1. The summed E-state index contributed by atoms with van der Waals surface area (Å²) < 4.78 is 9.51. The van der Waals surface area contributed by atoms with Crippen LogP contribution in [0.4, 0.5) is 17.1 Å². The van der Waals surface area contributed by atoms with E-state index in [-0.39, 0.29) is 0 Å². The molecule has 0 saturated carbocycles. The Morgan fingerprint density at radius 1 is 0.492 bits per heavy atom. The highest BCUT2D eigenvalue weighted by atomic mass is 32.1. The lowest BCUT2D eigenvalue weighted by Gasteiger charge is -2.27. The van der Waals surface area contributed by atoms with Crippen molar-refractivity contribution in [2.75, 3.05) is 4.90 Å². The molecule has 0 bridgehead atoms. The standard InChI is InChI=1S/C55H36N4OS/c1-4-16-36(17-5-1)53-56-54(37-18-6-2-7-19-37)58-55(57-53)45-27-15-28-47-51(45)50-43-24-11-10-22-41(43)46(34-48(50)60-47)59(38-20-8-3-9-21-38)39-32-30-35(31-33-39)40-25-14-26-44-42-23-12-13-29-49(42)61-52(40)44/h1-34,55H,(H,56,57,58). The predicted octanol–water partition coefficient (Wildman–Crippen LogP) is 14.7. The molecule has 0 fully saturated rings. The first-order valence-corrected chi connectivity index (χ1v) is 21.3. The number of amidine groups is 2. The number of fused-ring (bicyclic) bond motifs is 8. The van der Waals surface area contributed by atoms with Gasteiger partial charge in [-0.2, -0.15) is 0 Å². The van der Waals surface area contributed by atoms with Crippen molar-refractivity contribution in [3.63, 3.8) is 0 Å². The van der Waals surface area contributed by atoms with E-state index in [1.54, 1.807) is 0 Å². The molecule has 288 valence electrons. The van der Waals surface area contributed by atoms with Gasteiger partial charge >= 0.3 is 0 Å². The molecule has 11 aromatic rings. The maximum absolute atomic E-state index is 6.89. The maximum atomic E-state index is 6.89. The molecule has 0 aliphatic carbocycles. The number of rotatable bonds is 7. The molecule has 2 aromatic heterocycles. The van der Waals surface area contributed by atoms with Crippen LogP contribution in [-0.2, 0) is 0 Å². The number of hydrogen-bond donors (Lipinski definition) is 1. The molecule has 0 saturated heterocycles. The third-order valence-corrected chi connectivity index (χ3v) is 12.9. The zero-order valence-corrected chi connectivity index (χ0v) is 33.7. The molecule has 61 heavy (non-hydrogen) atoms. The van der Waals surface area contributed by atoms with E-state index in [1.165, 1.54) is 31.3 Å². The maximum Gasteiger partial charge on any atom is 0.159 e. The molecular weight excluding hydrogens is 765 g/mol. The highest BCUT2D eigenvalue weighted by molar-refractivity contribution is 7.26. The van der Waals surface area contributed by atoms with Crippen molar-refractivity contribution in [2.24, 2.45) is 9.98 Å². The van der Waals surface area contributed by atoms with Gasteiger partial charge in [0, 0.05) is 70.5 Å². The Balaban J connectivity index is 1.02. The summed E-state index contributed by atoms with van der Waals surface area (Å²) in [5.74, 6) is 1.46. The van der Waals surface area contributed by atoms with Crippen LogP contribution in [0.2, 0.25) is 0 Å². The monoisotopic (exact) mass is 800 g/mol. The van der Waals surface area contributed by atoms with E-state index >= 15 is 0 Å². The lowest BCUT2D eigenvalue weighted by atomic mass is 9.97. The molecule has 0 radical (unpaired) electrons. The number of para-hydroxylation sites is 1. The normalized spacial score (nSPS) is 14.1. The molecule has 1 aliphatic rings. The first-order chi connectivity index (χ1) is 30.2. The van der Waals surface area contributed by atoms with Crippen molar-refractivity contribution in [1.29, 1.82) is 0 Å². The second-order valence-corrected chi connectivity index (χ2v) is 16.4. The van der Waals surface area contributed by atoms with Gasteiger partial charge < -0.3 is 14.6 Å². The molecule has 5 nitrogen and oxygen atoms in total. The molecule has 1 N–H and O–H groups in total. The van der Waals surface area contributed by atoms with Gasteiger partial charge in [-0.1, -0.05) is 164 Å². The van der Waals surface area contributed by atoms with Gasteiger partial charge in [0.25, 0.3) is 0 Å².